The number of aromatic nitrogens is 2. The van der Waals surface area contributed by atoms with Gasteiger partial charge in [-0.3, -0.25) is 29.1 Å². The van der Waals surface area contributed by atoms with Gasteiger partial charge in [0.05, 0.1) is 16.9 Å². The van der Waals surface area contributed by atoms with E-state index in [2.05, 4.69) is 9.97 Å². The third kappa shape index (κ3) is 2.78. The van der Waals surface area contributed by atoms with E-state index in [1.54, 1.807) is 18.0 Å². The number of aromatic amines is 1. The van der Waals surface area contributed by atoms with Gasteiger partial charge >= 0.3 is 10.8 Å². The van der Waals surface area contributed by atoms with E-state index >= 15 is 0 Å². The molecule has 2 aliphatic heterocycles. The van der Waals surface area contributed by atoms with Crippen molar-refractivity contribution in [3.63, 3.8) is 0 Å². The number of pyridine rings is 1. The van der Waals surface area contributed by atoms with E-state index in [0.717, 1.165) is 21.9 Å². The van der Waals surface area contributed by atoms with Crippen LogP contribution in [0.25, 0.3) is 0 Å². The number of carboxylic acids is 1. The topological polar surface area (TPSA) is 120 Å². The lowest BCUT2D eigenvalue weighted by Gasteiger charge is -2.42. The number of amides is 2. The number of likely N-dealkylation sites (tertiary alicyclic amines) is 1. The Kier molecular flexibility index (Phi) is 4.59. The van der Waals surface area contributed by atoms with Crippen molar-refractivity contribution >= 4 is 40.9 Å². The Labute approximate surface area is 191 Å². The maximum absolute atomic E-state index is 13.3. The molecule has 2 aliphatic carbocycles. The number of carbonyl (C=O) groups excluding carboxylic acids is 2. The summed E-state index contributed by atoms with van der Waals surface area (Å²) in [6.07, 6.45) is 4.63. The molecule has 2 bridgehead atoms. The van der Waals surface area contributed by atoms with E-state index in [4.69, 9.17) is 5.11 Å². The summed E-state index contributed by atoms with van der Waals surface area (Å²) in [5, 5.41) is 9.95. The van der Waals surface area contributed by atoms with Crippen LogP contribution in [0.5, 0.6) is 0 Å². The molecule has 1 saturated heterocycles. The summed E-state index contributed by atoms with van der Waals surface area (Å²) >= 11 is 2.89. The molecule has 0 aromatic carbocycles. The van der Waals surface area contributed by atoms with Crippen LogP contribution in [0.15, 0.2) is 34.3 Å². The number of aliphatic carboxylic acids is 1. The minimum atomic E-state index is -0.925. The van der Waals surface area contributed by atoms with Crippen LogP contribution >= 0.6 is 23.1 Å². The molecule has 2 aromatic heterocycles. The fraction of sp³-hybridized carbons (Fsp3) is 0.500. The number of nitrogens with one attached hydrogen (secondary N) is 1. The van der Waals surface area contributed by atoms with Gasteiger partial charge in [-0.25, -0.2) is 0 Å². The van der Waals surface area contributed by atoms with Crippen molar-refractivity contribution in [1.82, 2.24) is 14.9 Å². The number of carbonyl (C=O) groups is 3. The van der Waals surface area contributed by atoms with Crippen LogP contribution in [0.1, 0.15) is 35.6 Å². The first-order valence-electron chi connectivity index (χ1n) is 10.8. The fourth-order valence-electron chi connectivity index (χ4n) is 6.62. The second-order valence-electron chi connectivity index (χ2n) is 9.07. The Morgan fingerprint density at radius 1 is 1.22 bits per heavy atom. The summed E-state index contributed by atoms with van der Waals surface area (Å²) in [4.78, 5) is 59.1. The highest BCUT2D eigenvalue weighted by molar-refractivity contribution is 8.00. The Morgan fingerprint density at radius 3 is 2.72 bits per heavy atom. The standard InChI is InChI=1S/C22H21N3O5S2/c26-12(27)4-2-6-25-20(28)15-10-7-11(16(15)21(25)29)17-14(10)13(9-3-1-5-23-8-9)18-19(31-17)24-22(30)32-18/h1,3,5,8,10-11,13-17H,2,4,6-7H2,(H,24,30)(H,26,27)/t10-,11-,13-,14+,15+,16-,17-/m1/s1. The van der Waals surface area contributed by atoms with Crippen molar-refractivity contribution < 1.29 is 19.5 Å². The molecule has 2 amide bonds. The lowest BCUT2D eigenvalue weighted by atomic mass is 9.68. The summed E-state index contributed by atoms with van der Waals surface area (Å²) in [6, 6.07) is 3.92. The van der Waals surface area contributed by atoms with Crippen molar-refractivity contribution in [2.45, 2.75) is 35.5 Å². The van der Waals surface area contributed by atoms with Crippen LogP contribution < -0.4 is 4.87 Å². The van der Waals surface area contributed by atoms with Gasteiger partial charge in [0.1, 0.15) is 0 Å². The lowest BCUT2D eigenvalue weighted by molar-refractivity contribution is -0.142. The minimum absolute atomic E-state index is 0.0196. The maximum atomic E-state index is 13.3. The molecule has 6 rings (SSSR count). The second-order valence-corrected chi connectivity index (χ2v) is 11.3. The first kappa shape index (κ1) is 20.2. The Hall–Kier alpha value is -2.46. The molecule has 8 nitrogen and oxygen atoms in total. The summed E-state index contributed by atoms with van der Waals surface area (Å²) in [5.41, 5.74) is 1.04. The molecular weight excluding hydrogens is 450 g/mol. The van der Waals surface area contributed by atoms with E-state index < -0.39 is 5.97 Å². The number of rotatable bonds is 5. The normalized spacial score (nSPS) is 34.5. The van der Waals surface area contributed by atoms with Gasteiger partial charge in [0.2, 0.25) is 11.8 Å². The molecule has 0 radical (unpaired) electrons. The predicted molar refractivity (Wildman–Crippen MR) is 116 cm³/mol. The number of hydrogen-bond acceptors (Lipinski definition) is 7. The number of thioether (sulfide) groups is 1. The Morgan fingerprint density at radius 2 is 2.00 bits per heavy atom. The highest BCUT2D eigenvalue weighted by Crippen LogP contribution is 2.68. The van der Waals surface area contributed by atoms with Gasteiger partial charge in [0.15, 0.2) is 0 Å². The molecular formula is C22H21N3O5S2. The predicted octanol–water partition coefficient (Wildman–Crippen LogP) is 2.17. The smallest absolute Gasteiger partial charge is 0.305 e. The van der Waals surface area contributed by atoms with Crippen LogP contribution in [0.3, 0.4) is 0 Å². The summed E-state index contributed by atoms with van der Waals surface area (Å²) in [7, 11) is 0. The van der Waals surface area contributed by atoms with E-state index in [9.17, 15) is 19.2 Å². The van der Waals surface area contributed by atoms with Crippen molar-refractivity contribution in [2.75, 3.05) is 6.54 Å². The number of carboxylic acid groups (broad SMARTS) is 1. The second kappa shape index (κ2) is 7.28. The quantitative estimate of drug-likeness (QED) is 0.641. The molecule has 166 valence electrons. The van der Waals surface area contributed by atoms with Gasteiger partial charge in [0.25, 0.3) is 0 Å². The first-order chi connectivity index (χ1) is 15.5. The molecule has 7 atom stereocenters. The summed E-state index contributed by atoms with van der Waals surface area (Å²) < 4.78 is 0. The number of fused-ring (bicyclic) bond motifs is 9. The molecule has 0 spiro atoms. The summed E-state index contributed by atoms with van der Waals surface area (Å²) in [5.74, 6) is -1.58. The fourth-order valence-corrected chi connectivity index (χ4v) is 9.51. The average Bonchev–Trinajstić information content (AvgIpc) is 3.49. The average molecular weight is 472 g/mol. The molecule has 0 unspecified atom stereocenters. The van der Waals surface area contributed by atoms with Gasteiger partial charge in [-0.2, -0.15) is 0 Å². The minimum Gasteiger partial charge on any atom is -0.481 e. The largest absolute Gasteiger partial charge is 0.481 e. The molecule has 2 saturated carbocycles. The monoisotopic (exact) mass is 471 g/mol. The van der Waals surface area contributed by atoms with E-state index in [1.807, 2.05) is 18.3 Å². The number of nitrogens with zero attached hydrogens (tertiary/aromatic N) is 2. The number of imide groups is 1. The van der Waals surface area contributed by atoms with Gasteiger partial charge in [-0.15, -0.1) is 11.8 Å². The third-order valence-corrected chi connectivity index (χ3v) is 10.2. The Balaban J connectivity index is 1.37. The third-order valence-electron chi connectivity index (χ3n) is 7.63. The number of thiazole rings is 1. The van der Waals surface area contributed by atoms with Crippen molar-refractivity contribution in [3.8, 4) is 0 Å². The van der Waals surface area contributed by atoms with Crippen LogP contribution in [0.2, 0.25) is 0 Å². The SMILES string of the molecule is O=C(O)CCCN1C(=O)[C@@H]2[C@H]3C[C@@H]([C@@H]2C1=O)[C@H]1[C@@H](c2cccnc2)c2sc(=O)[nH]c2S[C@H]31. The molecule has 2 N–H and O–H groups in total. The highest BCUT2D eigenvalue weighted by atomic mass is 32.2. The zero-order valence-corrected chi connectivity index (χ0v) is 18.6. The van der Waals surface area contributed by atoms with Gasteiger partial charge < -0.3 is 10.1 Å². The molecule has 32 heavy (non-hydrogen) atoms. The van der Waals surface area contributed by atoms with Crippen molar-refractivity contribution in [3.05, 3.63) is 44.6 Å². The molecule has 2 aromatic rings. The van der Waals surface area contributed by atoms with Gasteiger partial charge in [-0.1, -0.05) is 17.4 Å². The van der Waals surface area contributed by atoms with Crippen molar-refractivity contribution in [2.24, 2.45) is 29.6 Å². The van der Waals surface area contributed by atoms with Crippen molar-refractivity contribution in [1.29, 1.82) is 0 Å². The zero-order chi connectivity index (χ0) is 22.1. The first-order valence-corrected chi connectivity index (χ1v) is 12.5. The van der Waals surface area contributed by atoms with Gasteiger partial charge in [-0.05, 0) is 42.2 Å². The maximum Gasteiger partial charge on any atom is 0.305 e. The Bertz CT molecular complexity index is 1180. The van der Waals surface area contributed by atoms with Crippen LogP contribution in [-0.2, 0) is 14.4 Å². The van der Waals surface area contributed by atoms with E-state index in [1.165, 1.54) is 16.2 Å². The lowest BCUT2D eigenvalue weighted by Crippen LogP contribution is -2.42. The highest BCUT2D eigenvalue weighted by Gasteiger charge is 2.69. The van der Waals surface area contributed by atoms with E-state index in [0.29, 0.717) is 0 Å². The van der Waals surface area contributed by atoms with Crippen LogP contribution in [0, 0.1) is 29.6 Å². The van der Waals surface area contributed by atoms with Crippen LogP contribution in [-0.4, -0.2) is 49.6 Å². The van der Waals surface area contributed by atoms with Gasteiger partial charge in [0, 0.05) is 41.4 Å². The molecule has 4 aliphatic rings. The molecule has 4 heterocycles. The number of H-pyrrole nitrogens is 1. The zero-order valence-electron chi connectivity index (χ0n) is 17.0. The van der Waals surface area contributed by atoms with Crippen LogP contribution in [0.4, 0.5) is 0 Å². The number of hydrogen-bond donors (Lipinski definition) is 2. The molecule has 10 heteroatoms. The molecule has 3 fully saturated rings. The van der Waals surface area contributed by atoms with E-state index in [-0.39, 0.29) is 76.8 Å². The summed E-state index contributed by atoms with van der Waals surface area (Å²) in [6.45, 7) is 0.172.